The summed E-state index contributed by atoms with van der Waals surface area (Å²) < 4.78 is 4.63. The van der Waals surface area contributed by atoms with Crippen molar-refractivity contribution in [3.63, 3.8) is 0 Å². The van der Waals surface area contributed by atoms with Crippen LogP contribution in [-0.2, 0) is 9.53 Å². The molecule has 0 saturated carbocycles. The van der Waals surface area contributed by atoms with Gasteiger partial charge in [-0.1, -0.05) is 0 Å². The number of hydrogen-bond acceptors (Lipinski definition) is 5. The van der Waals surface area contributed by atoms with Crippen LogP contribution in [0.15, 0.2) is 0 Å². The number of nitrogens with two attached hydrogens (primary N) is 1. The van der Waals surface area contributed by atoms with Crippen LogP contribution in [0.1, 0.15) is 12.8 Å². The van der Waals surface area contributed by atoms with Crippen molar-refractivity contribution in [3.05, 3.63) is 0 Å². The van der Waals surface area contributed by atoms with Crippen LogP contribution in [0.2, 0.25) is 0 Å². The Morgan fingerprint density at radius 3 is 2.53 bits per heavy atom. The van der Waals surface area contributed by atoms with Crippen LogP contribution in [0, 0.1) is 5.92 Å². The molecule has 0 aromatic carbocycles. The fourth-order valence-electron chi connectivity index (χ4n) is 2.37. The SMILES string of the molecule is COC(=O)C(N)CN1CCC(CN(C)C)CC1. The molecule has 1 aliphatic rings. The van der Waals surface area contributed by atoms with Crippen LogP contribution in [0.3, 0.4) is 0 Å². The number of carbonyl (C=O) groups excluding carboxylic acids is 1. The number of ether oxygens (including phenoxy) is 1. The second-order valence-corrected chi connectivity index (χ2v) is 5.14. The summed E-state index contributed by atoms with van der Waals surface area (Å²) in [5, 5.41) is 0. The van der Waals surface area contributed by atoms with Crippen molar-refractivity contribution in [2.45, 2.75) is 18.9 Å². The third kappa shape index (κ3) is 5.02. The number of nitrogens with zero attached hydrogens (tertiary/aromatic N) is 2. The van der Waals surface area contributed by atoms with Crippen molar-refractivity contribution in [2.24, 2.45) is 11.7 Å². The molecule has 1 saturated heterocycles. The quantitative estimate of drug-likeness (QED) is 0.675. The monoisotopic (exact) mass is 243 g/mol. The second kappa shape index (κ2) is 6.93. The standard InChI is InChI=1S/C12H25N3O2/c1-14(2)8-10-4-6-15(7-5-10)9-11(13)12(16)17-3/h10-11H,4-9,13H2,1-3H3. The fraction of sp³-hybridized carbons (Fsp3) is 0.917. The molecular formula is C12H25N3O2. The highest BCUT2D eigenvalue weighted by molar-refractivity contribution is 5.75. The van der Waals surface area contributed by atoms with E-state index in [0.717, 1.165) is 25.6 Å². The molecule has 0 bridgehead atoms. The van der Waals surface area contributed by atoms with E-state index >= 15 is 0 Å². The average molecular weight is 243 g/mol. The summed E-state index contributed by atoms with van der Waals surface area (Å²) in [5.41, 5.74) is 5.75. The first-order valence-corrected chi connectivity index (χ1v) is 6.23. The Kier molecular flexibility index (Phi) is 5.88. The molecule has 1 aliphatic heterocycles. The topological polar surface area (TPSA) is 58.8 Å². The number of likely N-dealkylation sites (tertiary alicyclic amines) is 1. The minimum absolute atomic E-state index is 0.319. The molecule has 0 aliphatic carbocycles. The van der Waals surface area contributed by atoms with Crippen LogP contribution < -0.4 is 5.73 Å². The van der Waals surface area contributed by atoms with Crippen molar-refractivity contribution < 1.29 is 9.53 Å². The Balaban J connectivity index is 2.25. The average Bonchev–Trinajstić information content (AvgIpc) is 2.30. The van der Waals surface area contributed by atoms with E-state index in [1.165, 1.54) is 20.0 Å². The van der Waals surface area contributed by atoms with E-state index in [1.54, 1.807) is 0 Å². The lowest BCUT2D eigenvalue weighted by Crippen LogP contribution is -2.46. The Morgan fingerprint density at radius 1 is 1.47 bits per heavy atom. The van der Waals surface area contributed by atoms with Gasteiger partial charge in [0.05, 0.1) is 7.11 Å². The van der Waals surface area contributed by atoms with Crippen LogP contribution in [0.4, 0.5) is 0 Å². The number of carbonyl (C=O) groups is 1. The van der Waals surface area contributed by atoms with Crippen LogP contribution in [-0.4, -0.2) is 69.2 Å². The van der Waals surface area contributed by atoms with E-state index in [-0.39, 0.29) is 5.97 Å². The number of methoxy groups -OCH3 is 1. The van der Waals surface area contributed by atoms with Crippen molar-refractivity contribution in [3.8, 4) is 0 Å². The number of hydrogen-bond donors (Lipinski definition) is 1. The maximum atomic E-state index is 11.2. The maximum absolute atomic E-state index is 11.2. The van der Waals surface area contributed by atoms with Crippen LogP contribution >= 0.6 is 0 Å². The van der Waals surface area contributed by atoms with Gasteiger partial charge in [-0.3, -0.25) is 4.79 Å². The summed E-state index contributed by atoms with van der Waals surface area (Å²) in [6.07, 6.45) is 2.37. The molecule has 17 heavy (non-hydrogen) atoms. The lowest BCUT2D eigenvalue weighted by atomic mass is 9.96. The number of piperidine rings is 1. The van der Waals surface area contributed by atoms with Crippen molar-refractivity contribution in [2.75, 3.05) is 47.4 Å². The summed E-state index contributed by atoms with van der Waals surface area (Å²) >= 11 is 0. The first-order chi connectivity index (χ1) is 8.02. The van der Waals surface area contributed by atoms with Gasteiger partial charge >= 0.3 is 5.97 Å². The highest BCUT2D eigenvalue weighted by Crippen LogP contribution is 2.17. The third-order valence-electron chi connectivity index (χ3n) is 3.29. The highest BCUT2D eigenvalue weighted by atomic mass is 16.5. The molecular weight excluding hydrogens is 218 g/mol. The van der Waals surface area contributed by atoms with E-state index in [0.29, 0.717) is 6.54 Å². The molecule has 0 spiro atoms. The lowest BCUT2D eigenvalue weighted by Gasteiger charge is -2.33. The normalized spacial score (nSPS) is 20.5. The van der Waals surface area contributed by atoms with Crippen molar-refractivity contribution >= 4 is 5.97 Å². The third-order valence-corrected chi connectivity index (χ3v) is 3.29. The van der Waals surface area contributed by atoms with E-state index in [4.69, 9.17) is 5.73 Å². The van der Waals surface area contributed by atoms with Gasteiger partial charge in [-0.15, -0.1) is 0 Å². The number of esters is 1. The molecule has 0 amide bonds. The van der Waals surface area contributed by atoms with Gasteiger partial charge in [0.1, 0.15) is 6.04 Å². The Morgan fingerprint density at radius 2 is 2.06 bits per heavy atom. The summed E-state index contributed by atoms with van der Waals surface area (Å²) in [7, 11) is 5.60. The lowest BCUT2D eigenvalue weighted by molar-refractivity contribution is -0.142. The van der Waals surface area contributed by atoms with Gasteiger partial charge in [-0.2, -0.15) is 0 Å². The molecule has 1 heterocycles. The van der Waals surface area contributed by atoms with E-state index < -0.39 is 6.04 Å². The van der Waals surface area contributed by atoms with Gasteiger partial charge in [0, 0.05) is 13.1 Å². The zero-order valence-corrected chi connectivity index (χ0v) is 11.2. The molecule has 1 rings (SSSR count). The second-order valence-electron chi connectivity index (χ2n) is 5.14. The Labute approximate surface area is 104 Å². The molecule has 5 nitrogen and oxygen atoms in total. The van der Waals surface area contributed by atoms with Gasteiger partial charge in [-0.05, 0) is 45.9 Å². The smallest absolute Gasteiger partial charge is 0.323 e. The molecule has 0 aromatic rings. The largest absolute Gasteiger partial charge is 0.468 e. The molecule has 1 unspecified atom stereocenters. The summed E-state index contributed by atoms with van der Waals surface area (Å²) in [6.45, 7) is 3.82. The molecule has 0 aromatic heterocycles. The Bertz CT molecular complexity index is 238. The molecule has 5 heteroatoms. The number of rotatable bonds is 5. The Hall–Kier alpha value is -0.650. The summed E-state index contributed by atoms with van der Waals surface area (Å²) in [5.74, 6) is 0.455. The summed E-state index contributed by atoms with van der Waals surface area (Å²) in [4.78, 5) is 15.7. The first-order valence-electron chi connectivity index (χ1n) is 6.23. The van der Waals surface area contributed by atoms with Crippen LogP contribution in [0.25, 0.3) is 0 Å². The fourth-order valence-corrected chi connectivity index (χ4v) is 2.37. The van der Waals surface area contributed by atoms with Crippen LogP contribution in [0.5, 0.6) is 0 Å². The highest BCUT2D eigenvalue weighted by Gasteiger charge is 2.23. The molecule has 2 N–H and O–H groups in total. The van der Waals surface area contributed by atoms with Gasteiger partial charge in [0.2, 0.25) is 0 Å². The predicted octanol–water partition coefficient (Wildman–Crippen LogP) is -0.240. The van der Waals surface area contributed by atoms with Gasteiger partial charge in [0.25, 0.3) is 0 Å². The minimum atomic E-state index is -0.509. The first kappa shape index (κ1) is 14.4. The van der Waals surface area contributed by atoms with Crippen molar-refractivity contribution in [1.29, 1.82) is 0 Å². The van der Waals surface area contributed by atoms with E-state index in [2.05, 4.69) is 28.6 Å². The molecule has 1 fully saturated rings. The van der Waals surface area contributed by atoms with E-state index in [1.807, 2.05) is 0 Å². The molecule has 1 atom stereocenters. The van der Waals surface area contributed by atoms with Gasteiger partial charge in [-0.25, -0.2) is 0 Å². The predicted molar refractivity (Wildman–Crippen MR) is 67.7 cm³/mol. The minimum Gasteiger partial charge on any atom is -0.468 e. The molecule has 0 radical (unpaired) electrons. The zero-order chi connectivity index (χ0) is 12.8. The van der Waals surface area contributed by atoms with Gasteiger partial charge in [0.15, 0.2) is 0 Å². The van der Waals surface area contributed by atoms with E-state index in [9.17, 15) is 4.79 Å². The maximum Gasteiger partial charge on any atom is 0.323 e. The van der Waals surface area contributed by atoms with Crippen molar-refractivity contribution in [1.82, 2.24) is 9.80 Å². The molecule has 100 valence electrons. The summed E-state index contributed by atoms with van der Waals surface area (Å²) in [6, 6.07) is -0.509. The van der Waals surface area contributed by atoms with Gasteiger partial charge < -0.3 is 20.3 Å². The zero-order valence-electron chi connectivity index (χ0n) is 11.2.